The fraction of sp³-hybridized carbons (Fsp3) is 0.611. The Morgan fingerprint density at radius 3 is 2.45 bits per heavy atom. The normalized spacial score (nSPS) is 12.2. The van der Waals surface area contributed by atoms with Crippen LogP contribution in [0, 0.1) is 0 Å². The van der Waals surface area contributed by atoms with Crippen LogP contribution in [-0.4, -0.2) is 30.2 Å². The highest BCUT2D eigenvalue weighted by molar-refractivity contribution is 5.72. The molecule has 0 spiro atoms. The van der Waals surface area contributed by atoms with Crippen molar-refractivity contribution in [3.63, 3.8) is 0 Å². The van der Waals surface area contributed by atoms with Gasteiger partial charge in [-0.3, -0.25) is 4.79 Å². The topological polar surface area (TPSA) is 61.4 Å². The van der Waals surface area contributed by atoms with Crippen molar-refractivity contribution in [3.8, 4) is 0 Å². The minimum absolute atomic E-state index is 0.116. The molecule has 1 aromatic carbocycles. The molecule has 22 heavy (non-hydrogen) atoms. The summed E-state index contributed by atoms with van der Waals surface area (Å²) in [6.45, 7) is 7.37. The Balaban J connectivity index is 2.48. The van der Waals surface area contributed by atoms with Crippen LogP contribution in [0.2, 0.25) is 0 Å². The largest absolute Gasteiger partial charge is 0.390 e. The maximum atomic E-state index is 10.8. The molecule has 124 valence electrons. The molecule has 0 unspecified atom stereocenters. The first kappa shape index (κ1) is 18.7. The van der Waals surface area contributed by atoms with E-state index in [2.05, 4.69) is 42.7 Å². The number of aliphatic hydroxyl groups excluding tert-OH is 1. The van der Waals surface area contributed by atoms with Crippen molar-refractivity contribution < 1.29 is 9.90 Å². The molecular weight excluding hydrogens is 276 g/mol. The number of nitrogens with one attached hydrogen (secondary N) is 2. The lowest BCUT2D eigenvalue weighted by Gasteiger charge is -2.14. The highest BCUT2D eigenvalue weighted by Crippen LogP contribution is 2.16. The number of aliphatic hydroxyl groups is 1. The van der Waals surface area contributed by atoms with Crippen molar-refractivity contribution in [2.45, 2.75) is 59.1 Å². The predicted molar refractivity (Wildman–Crippen MR) is 90.8 cm³/mol. The minimum Gasteiger partial charge on any atom is -0.390 e. The summed E-state index contributed by atoms with van der Waals surface area (Å²) in [6, 6.07) is 6.68. The van der Waals surface area contributed by atoms with E-state index in [0.717, 1.165) is 25.8 Å². The number of amides is 1. The maximum absolute atomic E-state index is 10.8. The van der Waals surface area contributed by atoms with Gasteiger partial charge in [-0.15, -0.1) is 0 Å². The molecule has 0 aliphatic carbocycles. The molecule has 1 rings (SSSR count). The summed E-state index contributed by atoms with van der Waals surface area (Å²) in [5.74, 6) is -0.116. The van der Waals surface area contributed by atoms with Crippen molar-refractivity contribution >= 4 is 5.91 Å². The SMILES string of the molecule is CCCc1ccc(CNC[C@@H](O)CNC(C)=O)cc1CCC. The Morgan fingerprint density at radius 2 is 1.82 bits per heavy atom. The van der Waals surface area contributed by atoms with Crippen LogP contribution in [-0.2, 0) is 24.2 Å². The van der Waals surface area contributed by atoms with Crippen LogP contribution in [0.1, 0.15) is 50.3 Å². The van der Waals surface area contributed by atoms with Gasteiger partial charge in [-0.05, 0) is 29.5 Å². The number of rotatable bonds is 10. The standard InChI is InChI=1S/C18H30N2O2/c1-4-6-16-9-8-15(10-17(16)7-5-2)11-19-12-18(22)13-20-14(3)21/h8-10,18-19,22H,4-7,11-13H2,1-3H3,(H,20,21)/t18-/m1/s1. The fourth-order valence-electron chi connectivity index (χ4n) is 2.52. The van der Waals surface area contributed by atoms with Crippen molar-refractivity contribution in [1.82, 2.24) is 10.6 Å². The molecule has 4 nitrogen and oxygen atoms in total. The molecule has 0 bridgehead atoms. The predicted octanol–water partition coefficient (Wildman–Crippen LogP) is 2.18. The number of benzene rings is 1. The van der Waals surface area contributed by atoms with E-state index in [1.807, 2.05) is 0 Å². The van der Waals surface area contributed by atoms with Crippen LogP contribution >= 0.6 is 0 Å². The van der Waals surface area contributed by atoms with Crippen molar-refractivity contribution in [2.24, 2.45) is 0 Å². The number of carbonyl (C=O) groups excluding carboxylic acids is 1. The summed E-state index contributed by atoms with van der Waals surface area (Å²) in [5, 5.41) is 15.6. The Labute approximate surface area is 134 Å². The fourth-order valence-corrected chi connectivity index (χ4v) is 2.52. The van der Waals surface area contributed by atoms with Crippen LogP contribution in [0.3, 0.4) is 0 Å². The first-order chi connectivity index (χ1) is 10.6. The van der Waals surface area contributed by atoms with Crippen molar-refractivity contribution in [3.05, 3.63) is 34.9 Å². The van der Waals surface area contributed by atoms with Gasteiger partial charge in [0.25, 0.3) is 0 Å². The van der Waals surface area contributed by atoms with Crippen molar-refractivity contribution in [1.29, 1.82) is 0 Å². The van der Waals surface area contributed by atoms with Crippen LogP contribution in [0.5, 0.6) is 0 Å². The van der Waals surface area contributed by atoms with Gasteiger partial charge in [0.15, 0.2) is 0 Å². The first-order valence-corrected chi connectivity index (χ1v) is 8.30. The van der Waals surface area contributed by atoms with E-state index in [0.29, 0.717) is 13.1 Å². The number of aryl methyl sites for hydroxylation is 2. The highest BCUT2D eigenvalue weighted by Gasteiger charge is 2.06. The first-order valence-electron chi connectivity index (χ1n) is 8.30. The molecule has 1 amide bonds. The van der Waals surface area contributed by atoms with Crippen LogP contribution in [0.15, 0.2) is 18.2 Å². The monoisotopic (exact) mass is 306 g/mol. The molecule has 0 aliphatic heterocycles. The van der Waals surface area contributed by atoms with Gasteiger partial charge in [0.05, 0.1) is 6.10 Å². The van der Waals surface area contributed by atoms with E-state index in [1.165, 1.54) is 30.0 Å². The Kier molecular flexibility index (Phi) is 8.78. The van der Waals surface area contributed by atoms with Gasteiger partial charge < -0.3 is 15.7 Å². The third kappa shape index (κ3) is 7.05. The van der Waals surface area contributed by atoms with E-state index in [1.54, 1.807) is 0 Å². The van der Waals surface area contributed by atoms with E-state index in [-0.39, 0.29) is 5.91 Å². The van der Waals surface area contributed by atoms with Gasteiger partial charge in [0.2, 0.25) is 5.91 Å². The third-order valence-electron chi connectivity index (χ3n) is 3.61. The molecule has 0 fully saturated rings. The lowest BCUT2D eigenvalue weighted by Crippen LogP contribution is -2.37. The molecule has 0 aromatic heterocycles. The Morgan fingerprint density at radius 1 is 1.14 bits per heavy atom. The summed E-state index contributed by atoms with van der Waals surface area (Å²) < 4.78 is 0. The third-order valence-corrected chi connectivity index (χ3v) is 3.61. The zero-order valence-corrected chi connectivity index (χ0v) is 14.1. The molecule has 0 saturated carbocycles. The summed E-state index contributed by atoms with van der Waals surface area (Å²) in [4.78, 5) is 10.8. The van der Waals surface area contributed by atoms with Gasteiger partial charge in [-0.25, -0.2) is 0 Å². The Hall–Kier alpha value is -1.39. The molecule has 1 aromatic rings. The van der Waals surface area contributed by atoms with E-state index >= 15 is 0 Å². The second kappa shape index (κ2) is 10.4. The molecule has 0 aliphatic rings. The lowest BCUT2D eigenvalue weighted by molar-refractivity contribution is -0.119. The molecule has 0 saturated heterocycles. The molecule has 4 heteroatoms. The molecular formula is C18H30N2O2. The summed E-state index contributed by atoms with van der Waals surface area (Å²) in [7, 11) is 0. The second-order valence-electron chi connectivity index (χ2n) is 5.82. The number of hydrogen-bond acceptors (Lipinski definition) is 3. The smallest absolute Gasteiger partial charge is 0.216 e. The molecule has 0 heterocycles. The molecule has 3 N–H and O–H groups in total. The maximum Gasteiger partial charge on any atom is 0.216 e. The lowest BCUT2D eigenvalue weighted by atomic mass is 9.97. The average Bonchev–Trinajstić information content (AvgIpc) is 2.48. The molecule has 1 atom stereocenters. The van der Waals surface area contributed by atoms with Crippen LogP contribution < -0.4 is 10.6 Å². The Bertz CT molecular complexity index is 460. The minimum atomic E-state index is -0.557. The van der Waals surface area contributed by atoms with E-state index < -0.39 is 6.10 Å². The van der Waals surface area contributed by atoms with Crippen molar-refractivity contribution in [2.75, 3.05) is 13.1 Å². The summed E-state index contributed by atoms with van der Waals surface area (Å²) in [5.41, 5.74) is 4.15. The number of hydrogen-bond donors (Lipinski definition) is 3. The van der Waals surface area contributed by atoms with Gasteiger partial charge in [0.1, 0.15) is 0 Å². The van der Waals surface area contributed by atoms with Gasteiger partial charge >= 0.3 is 0 Å². The summed E-state index contributed by atoms with van der Waals surface area (Å²) in [6.07, 6.45) is 4.03. The zero-order valence-electron chi connectivity index (χ0n) is 14.1. The quantitative estimate of drug-likeness (QED) is 0.621. The van der Waals surface area contributed by atoms with Gasteiger partial charge in [0, 0.05) is 26.6 Å². The second-order valence-corrected chi connectivity index (χ2v) is 5.82. The van der Waals surface area contributed by atoms with E-state index in [4.69, 9.17) is 0 Å². The number of carbonyl (C=O) groups is 1. The van der Waals surface area contributed by atoms with Gasteiger partial charge in [-0.1, -0.05) is 44.9 Å². The zero-order chi connectivity index (χ0) is 16.4. The van der Waals surface area contributed by atoms with E-state index in [9.17, 15) is 9.90 Å². The average molecular weight is 306 g/mol. The van der Waals surface area contributed by atoms with Crippen LogP contribution in [0.4, 0.5) is 0 Å². The van der Waals surface area contributed by atoms with Gasteiger partial charge in [-0.2, -0.15) is 0 Å². The van der Waals surface area contributed by atoms with Crippen LogP contribution in [0.25, 0.3) is 0 Å². The highest BCUT2D eigenvalue weighted by atomic mass is 16.3. The summed E-state index contributed by atoms with van der Waals surface area (Å²) >= 11 is 0. The molecule has 0 radical (unpaired) electrons.